The number of rotatable bonds is 3. The summed E-state index contributed by atoms with van der Waals surface area (Å²) in [4.78, 5) is 27.8. The van der Waals surface area contributed by atoms with Crippen LogP contribution in [0.3, 0.4) is 0 Å². The molecule has 0 bridgehead atoms. The first-order chi connectivity index (χ1) is 15.3. The molecule has 1 aliphatic rings. The van der Waals surface area contributed by atoms with Gasteiger partial charge in [-0.05, 0) is 80.3 Å². The molecule has 0 aromatic heterocycles. The van der Waals surface area contributed by atoms with Crippen LogP contribution in [0.25, 0.3) is 0 Å². The van der Waals surface area contributed by atoms with Gasteiger partial charge >= 0.3 is 0 Å². The van der Waals surface area contributed by atoms with Crippen molar-refractivity contribution in [3.05, 3.63) is 93.5 Å². The zero-order chi connectivity index (χ0) is 22.8. The molecule has 4 rings (SSSR count). The van der Waals surface area contributed by atoms with Crippen molar-refractivity contribution < 1.29 is 14.7 Å². The Morgan fingerprint density at radius 3 is 2.53 bits per heavy atom. The number of carbonyl (C=O) groups excluding carboxylic acids is 2. The lowest BCUT2D eigenvalue weighted by Gasteiger charge is -2.24. The predicted molar refractivity (Wildman–Crippen MR) is 128 cm³/mol. The predicted octanol–water partition coefficient (Wildman–Crippen LogP) is 5.68. The Labute approximate surface area is 192 Å². The first-order valence-corrected chi connectivity index (χ1v) is 11.0. The third-order valence-corrected chi connectivity index (χ3v) is 6.08. The van der Waals surface area contributed by atoms with Crippen molar-refractivity contribution in [3.63, 3.8) is 0 Å². The van der Waals surface area contributed by atoms with Gasteiger partial charge < -0.3 is 15.3 Å². The Bertz CT molecular complexity index is 1190. The van der Waals surface area contributed by atoms with Gasteiger partial charge in [-0.1, -0.05) is 29.8 Å². The van der Waals surface area contributed by atoms with Crippen LogP contribution in [0.15, 0.2) is 60.7 Å². The molecule has 5 nitrogen and oxygen atoms in total. The Morgan fingerprint density at radius 1 is 1.00 bits per heavy atom. The van der Waals surface area contributed by atoms with Crippen molar-refractivity contribution in [1.82, 2.24) is 0 Å². The van der Waals surface area contributed by atoms with Gasteiger partial charge in [0, 0.05) is 39.6 Å². The number of nitrogens with one attached hydrogen (secondary N) is 1. The smallest absolute Gasteiger partial charge is 0.258 e. The molecule has 2 amide bonds. The van der Waals surface area contributed by atoms with Crippen molar-refractivity contribution in [2.45, 2.75) is 32.8 Å². The summed E-state index contributed by atoms with van der Waals surface area (Å²) in [6.45, 7) is 4.26. The Balaban J connectivity index is 1.60. The van der Waals surface area contributed by atoms with Crippen LogP contribution in [0.1, 0.15) is 56.4 Å². The molecule has 2 N–H and O–H groups in total. The molecule has 3 aromatic carbocycles. The number of nitrogens with zero attached hydrogens (tertiary/aromatic N) is 1. The monoisotopic (exact) mass is 448 g/mol. The number of fused-ring (bicyclic) bond motifs is 1. The largest absolute Gasteiger partial charge is 0.388 e. The molecule has 6 heteroatoms. The maximum absolute atomic E-state index is 13.5. The van der Waals surface area contributed by atoms with Gasteiger partial charge in [-0.3, -0.25) is 9.59 Å². The Kier molecular flexibility index (Phi) is 6.31. The highest BCUT2D eigenvalue weighted by Gasteiger charge is 2.27. The molecule has 32 heavy (non-hydrogen) atoms. The molecule has 0 fully saturated rings. The van der Waals surface area contributed by atoms with Gasteiger partial charge in [0.05, 0.1) is 6.10 Å². The molecule has 0 saturated heterocycles. The SMILES string of the molecule is Cc1ccccc1C(=O)Nc1ccc(C(=O)N2CCC[C@@H](O)c3cc(Cl)ccc32)c(C)c1. The standard InChI is InChI=1S/C26H25ClN2O3/c1-16-6-3-4-7-20(16)25(31)28-19-10-11-21(17(2)14-19)26(32)29-13-5-8-24(30)22-15-18(27)9-12-23(22)29/h3-4,6-7,9-12,14-15,24,30H,5,8,13H2,1-2H3,(H,28,31)/t24-/m1/s1. The summed E-state index contributed by atoms with van der Waals surface area (Å²) in [6.07, 6.45) is 0.602. The second kappa shape index (κ2) is 9.15. The maximum atomic E-state index is 13.5. The minimum atomic E-state index is -0.651. The Morgan fingerprint density at radius 2 is 1.78 bits per heavy atom. The first kappa shape index (κ1) is 22.1. The number of carbonyl (C=O) groups is 2. The van der Waals surface area contributed by atoms with Crippen LogP contribution < -0.4 is 10.2 Å². The third kappa shape index (κ3) is 4.40. The highest BCUT2D eigenvalue weighted by Crippen LogP contribution is 2.36. The quantitative estimate of drug-likeness (QED) is 0.541. The summed E-state index contributed by atoms with van der Waals surface area (Å²) in [5, 5.41) is 13.9. The molecule has 0 unspecified atom stereocenters. The summed E-state index contributed by atoms with van der Waals surface area (Å²) < 4.78 is 0. The van der Waals surface area contributed by atoms with Gasteiger partial charge in [-0.2, -0.15) is 0 Å². The van der Waals surface area contributed by atoms with Gasteiger partial charge in [0.1, 0.15) is 0 Å². The zero-order valence-corrected chi connectivity index (χ0v) is 18.8. The van der Waals surface area contributed by atoms with Crippen LogP contribution in [-0.2, 0) is 0 Å². The number of aryl methyl sites for hydroxylation is 2. The van der Waals surface area contributed by atoms with E-state index in [2.05, 4.69) is 5.32 Å². The number of anilines is 2. The summed E-state index contributed by atoms with van der Waals surface area (Å²) in [5.74, 6) is -0.328. The second-order valence-electron chi connectivity index (χ2n) is 8.12. The summed E-state index contributed by atoms with van der Waals surface area (Å²) >= 11 is 6.13. The molecular weight excluding hydrogens is 424 g/mol. The van der Waals surface area contributed by atoms with Gasteiger partial charge in [0.25, 0.3) is 11.8 Å². The fourth-order valence-corrected chi connectivity index (χ4v) is 4.30. The van der Waals surface area contributed by atoms with E-state index in [-0.39, 0.29) is 11.8 Å². The number of halogens is 1. The van der Waals surface area contributed by atoms with Crippen LogP contribution >= 0.6 is 11.6 Å². The average molecular weight is 449 g/mol. The highest BCUT2D eigenvalue weighted by atomic mass is 35.5. The van der Waals surface area contributed by atoms with E-state index in [0.717, 1.165) is 11.1 Å². The number of benzene rings is 3. The number of amides is 2. The van der Waals surface area contributed by atoms with Gasteiger partial charge in [-0.25, -0.2) is 0 Å². The molecule has 0 spiro atoms. The van der Waals surface area contributed by atoms with E-state index in [4.69, 9.17) is 11.6 Å². The number of aliphatic hydroxyl groups is 1. The lowest BCUT2D eigenvalue weighted by Crippen LogP contribution is -2.32. The van der Waals surface area contributed by atoms with Gasteiger partial charge in [0.15, 0.2) is 0 Å². The number of hydrogen-bond acceptors (Lipinski definition) is 3. The fraction of sp³-hybridized carbons (Fsp3) is 0.231. The Hall–Kier alpha value is -3.15. The lowest BCUT2D eigenvalue weighted by molar-refractivity contribution is 0.0985. The second-order valence-corrected chi connectivity index (χ2v) is 8.55. The van der Waals surface area contributed by atoms with Crippen LogP contribution in [-0.4, -0.2) is 23.5 Å². The van der Waals surface area contributed by atoms with Gasteiger partial charge in [-0.15, -0.1) is 0 Å². The highest BCUT2D eigenvalue weighted by molar-refractivity contribution is 6.30. The lowest BCUT2D eigenvalue weighted by atomic mass is 10.0. The van der Waals surface area contributed by atoms with Crippen LogP contribution in [0.4, 0.5) is 11.4 Å². The van der Waals surface area contributed by atoms with Crippen LogP contribution in [0, 0.1) is 13.8 Å². The number of aliphatic hydroxyl groups excluding tert-OH is 1. The summed E-state index contributed by atoms with van der Waals surface area (Å²) in [5.41, 5.74) is 4.81. The molecule has 0 saturated carbocycles. The van der Waals surface area contributed by atoms with Crippen molar-refractivity contribution in [1.29, 1.82) is 0 Å². The molecule has 3 aromatic rings. The molecule has 0 radical (unpaired) electrons. The molecule has 164 valence electrons. The van der Waals surface area contributed by atoms with E-state index in [1.54, 1.807) is 47.4 Å². The molecule has 1 aliphatic heterocycles. The van der Waals surface area contributed by atoms with E-state index in [1.165, 1.54) is 0 Å². The zero-order valence-electron chi connectivity index (χ0n) is 18.1. The first-order valence-electron chi connectivity index (χ1n) is 10.6. The molecule has 1 atom stereocenters. The molecule has 0 aliphatic carbocycles. The topological polar surface area (TPSA) is 69.6 Å². The van der Waals surface area contributed by atoms with Crippen LogP contribution in [0.5, 0.6) is 0 Å². The van der Waals surface area contributed by atoms with E-state index in [0.29, 0.717) is 52.5 Å². The van der Waals surface area contributed by atoms with E-state index >= 15 is 0 Å². The summed E-state index contributed by atoms with van der Waals surface area (Å²) in [7, 11) is 0. The van der Waals surface area contributed by atoms with Crippen molar-refractivity contribution in [3.8, 4) is 0 Å². The number of hydrogen-bond donors (Lipinski definition) is 2. The minimum absolute atomic E-state index is 0.142. The van der Waals surface area contributed by atoms with Crippen molar-refractivity contribution >= 4 is 34.8 Å². The normalized spacial score (nSPS) is 15.6. The van der Waals surface area contributed by atoms with E-state index in [9.17, 15) is 14.7 Å². The molecular formula is C26H25ClN2O3. The van der Waals surface area contributed by atoms with Crippen molar-refractivity contribution in [2.75, 3.05) is 16.8 Å². The van der Waals surface area contributed by atoms with Gasteiger partial charge in [0.2, 0.25) is 0 Å². The minimum Gasteiger partial charge on any atom is -0.388 e. The maximum Gasteiger partial charge on any atom is 0.258 e. The fourth-order valence-electron chi connectivity index (χ4n) is 4.12. The van der Waals surface area contributed by atoms with Crippen molar-refractivity contribution in [2.24, 2.45) is 0 Å². The molecule has 1 heterocycles. The van der Waals surface area contributed by atoms with Crippen LogP contribution in [0.2, 0.25) is 5.02 Å². The third-order valence-electron chi connectivity index (χ3n) is 5.85. The van der Waals surface area contributed by atoms with E-state index < -0.39 is 6.10 Å². The van der Waals surface area contributed by atoms with E-state index in [1.807, 2.05) is 32.0 Å². The summed E-state index contributed by atoms with van der Waals surface area (Å²) in [6, 6.07) is 17.9. The average Bonchev–Trinajstić information content (AvgIpc) is 2.92.